The van der Waals surface area contributed by atoms with Crippen LogP contribution in [0.3, 0.4) is 0 Å². The molecule has 6 rings (SSSR count). The molecular weight excluding hydrogens is 665 g/mol. The normalized spacial score (nSPS) is 15.4. The second-order valence-electron chi connectivity index (χ2n) is 15.0. The molecule has 0 radical (unpaired) electrons. The molecule has 2 aliphatic rings. The molecule has 53 heavy (non-hydrogen) atoms. The van der Waals surface area contributed by atoms with Crippen LogP contribution in [0.2, 0.25) is 0 Å². The molecule has 1 unspecified atom stereocenters. The van der Waals surface area contributed by atoms with E-state index in [-0.39, 0.29) is 5.69 Å². The first-order valence-electron chi connectivity index (χ1n) is 18.3. The highest BCUT2D eigenvalue weighted by Crippen LogP contribution is 2.38. The van der Waals surface area contributed by atoms with Crippen molar-refractivity contribution in [3.05, 3.63) is 119 Å². The maximum atomic E-state index is 14.4. The molecule has 1 fully saturated rings. The van der Waals surface area contributed by atoms with Gasteiger partial charge in [-0.05, 0) is 122 Å². The van der Waals surface area contributed by atoms with Gasteiger partial charge in [0.15, 0.2) is 0 Å². The van der Waals surface area contributed by atoms with Crippen LogP contribution in [0.25, 0.3) is 11.1 Å². The van der Waals surface area contributed by atoms with Gasteiger partial charge in [-0.15, -0.1) is 6.58 Å². The van der Waals surface area contributed by atoms with E-state index in [1.165, 1.54) is 12.8 Å². The number of anilines is 1. The van der Waals surface area contributed by atoms with Gasteiger partial charge in [0.05, 0.1) is 40.8 Å². The molecule has 0 saturated carbocycles. The summed E-state index contributed by atoms with van der Waals surface area (Å²) >= 11 is 0. The van der Waals surface area contributed by atoms with Gasteiger partial charge in [0.25, 0.3) is 6.43 Å². The van der Waals surface area contributed by atoms with E-state index in [1.54, 1.807) is 24.4 Å². The smallest absolute Gasteiger partial charge is 0.264 e. The number of hydrogen-bond donors (Lipinski definition) is 2. The van der Waals surface area contributed by atoms with Crippen molar-refractivity contribution in [2.75, 3.05) is 18.4 Å². The summed E-state index contributed by atoms with van der Waals surface area (Å²) in [5.41, 5.74) is 16.0. The number of hydrogen-bond acceptors (Lipinski definition) is 6. The number of pyridine rings is 1. The van der Waals surface area contributed by atoms with Crippen molar-refractivity contribution in [3.8, 4) is 17.2 Å². The second kappa shape index (κ2) is 17.1. The molecule has 4 aromatic rings. The highest BCUT2D eigenvalue weighted by Gasteiger charge is 2.30. The van der Waals surface area contributed by atoms with Crippen molar-refractivity contribution >= 4 is 29.1 Å². The number of fused-ring (bicyclic) bond motifs is 1. The number of rotatable bonds is 9. The number of benzene rings is 3. The number of nitrogens with one attached hydrogen (secondary N) is 1. The van der Waals surface area contributed by atoms with Crippen LogP contribution in [0.15, 0.2) is 89.5 Å². The van der Waals surface area contributed by atoms with Crippen molar-refractivity contribution in [2.24, 2.45) is 27.1 Å². The van der Waals surface area contributed by atoms with Crippen LogP contribution in [0, 0.1) is 36.5 Å². The van der Waals surface area contributed by atoms with E-state index >= 15 is 0 Å². The zero-order chi connectivity index (χ0) is 38.3. The third-order valence-electron chi connectivity index (χ3n) is 10.2. The standard InChI is InChI=1S/C41H45F2N7.C3H6/c1-25-16-37(47-24-45)38(46-22-25)39(40(42)43)48-31-9-6-8-28(19-31)32-10-7-11-33(26(32)2)36-20-34-29(21-44)17-27(18-35(34)49-36)23-50-14-12-30(13-15-50)41(3,4)5;1-3-2/h6-11,16-19,22,24,30,39-40,48H,12-15,20,23H2,1-5H3,(H2,45,47);3H,1H2,2H3. The van der Waals surface area contributed by atoms with Crippen molar-refractivity contribution in [1.82, 2.24) is 9.88 Å². The molecule has 1 saturated heterocycles. The minimum atomic E-state index is -2.74. The van der Waals surface area contributed by atoms with E-state index in [2.05, 4.69) is 72.7 Å². The highest BCUT2D eigenvalue weighted by molar-refractivity contribution is 6.09. The molecule has 0 amide bonds. The Labute approximate surface area is 313 Å². The summed E-state index contributed by atoms with van der Waals surface area (Å²) in [5.74, 6) is 0.730. The Morgan fingerprint density at radius 1 is 1.08 bits per heavy atom. The van der Waals surface area contributed by atoms with E-state index in [0.29, 0.717) is 28.8 Å². The van der Waals surface area contributed by atoms with E-state index in [0.717, 1.165) is 82.2 Å². The molecular formula is C44H51F2N7. The number of aryl methyl sites for hydroxylation is 1. The number of alkyl halides is 2. The summed E-state index contributed by atoms with van der Waals surface area (Å²) in [7, 11) is 0. The largest absolute Gasteiger partial charge is 0.390 e. The lowest BCUT2D eigenvalue weighted by Crippen LogP contribution is -2.37. The molecule has 2 aliphatic heterocycles. The van der Waals surface area contributed by atoms with Crippen LogP contribution in [0.1, 0.15) is 85.7 Å². The highest BCUT2D eigenvalue weighted by atomic mass is 19.3. The topological polar surface area (TPSA) is 103 Å². The Kier molecular flexibility index (Phi) is 12.6. The molecule has 3 N–H and O–H groups in total. The zero-order valence-corrected chi connectivity index (χ0v) is 31.8. The first-order chi connectivity index (χ1) is 25.4. The van der Waals surface area contributed by atoms with Crippen LogP contribution in [-0.2, 0) is 13.0 Å². The Hall–Kier alpha value is -5.20. The Morgan fingerprint density at radius 2 is 1.77 bits per heavy atom. The van der Waals surface area contributed by atoms with Crippen LogP contribution in [0.4, 0.5) is 25.8 Å². The summed E-state index contributed by atoms with van der Waals surface area (Å²) in [6.45, 7) is 19.1. The summed E-state index contributed by atoms with van der Waals surface area (Å²) in [6.07, 6.45) is 4.61. The first kappa shape index (κ1) is 39.0. The van der Waals surface area contributed by atoms with Crippen molar-refractivity contribution < 1.29 is 8.78 Å². The van der Waals surface area contributed by atoms with Crippen LogP contribution in [-0.4, -0.2) is 41.4 Å². The molecule has 1 aromatic heterocycles. The quantitative estimate of drug-likeness (QED) is 0.102. The third kappa shape index (κ3) is 9.24. The number of halogens is 2. The fourth-order valence-corrected chi connectivity index (χ4v) is 7.37. The van der Waals surface area contributed by atoms with Gasteiger partial charge < -0.3 is 11.1 Å². The molecule has 7 nitrogen and oxygen atoms in total. The molecule has 0 bridgehead atoms. The van der Waals surface area contributed by atoms with Crippen molar-refractivity contribution in [1.29, 1.82) is 5.26 Å². The van der Waals surface area contributed by atoms with Gasteiger partial charge in [-0.3, -0.25) is 14.9 Å². The number of nitrogens with zero attached hydrogens (tertiary/aromatic N) is 5. The summed E-state index contributed by atoms with van der Waals surface area (Å²) < 4.78 is 28.9. The predicted molar refractivity (Wildman–Crippen MR) is 215 cm³/mol. The van der Waals surface area contributed by atoms with Gasteiger partial charge in [-0.1, -0.05) is 57.2 Å². The van der Waals surface area contributed by atoms with Crippen LogP contribution >= 0.6 is 0 Å². The molecule has 276 valence electrons. The van der Waals surface area contributed by atoms with Gasteiger partial charge in [0.1, 0.15) is 6.04 Å². The summed E-state index contributed by atoms with van der Waals surface area (Å²) in [4.78, 5) is 16.0. The minimum Gasteiger partial charge on any atom is -0.390 e. The lowest BCUT2D eigenvalue weighted by molar-refractivity contribution is 0.108. The van der Waals surface area contributed by atoms with Crippen LogP contribution in [0.5, 0.6) is 0 Å². The molecule has 9 heteroatoms. The number of nitriles is 1. The van der Waals surface area contributed by atoms with Gasteiger partial charge in [0, 0.05) is 30.4 Å². The fraction of sp³-hybridized carbons (Fsp3) is 0.364. The van der Waals surface area contributed by atoms with Crippen molar-refractivity contribution in [2.45, 2.75) is 79.8 Å². The molecule has 3 aromatic carbocycles. The Bertz CT molecular complexity index is 2030. The van der Waals surface area contributed by atoms with E-state index in [4.69, 9.17) is 10.7 Å². The number of likely N-dealkylation sites (tertiary alicyclic amines) is 1. The molecule has 0 aliphatic carbocycles. The predicted octanol–water partition coefficient (Wildman–Crippen LogP) is 10.4. The van der Waals surface area contributed by atoms with Gasteiger partial charge in [0.2, 0.25) is 0 Å². The summed E-state index contributed by atoms with van der Waals surface area (Å²) in [5, 5.41) is 13.1. The zero-order valence-electron chi connectivity index (χ0n) is 31.8. The van der Waals surface area contributed by atoms with Gasteiger partial charge in [-0.25, -0.2) is 13.8 Å². The Morgan fingerprint density at radius 3 is 2.43 bits per heavy atom. The third-order valence-corrected chi connectivity index (χ3v) is 10.2. The van der Waals surface area contributed by atoms with E-state index in [1.807, 2.05) is 50.2 Å². The average Bonchev–Trinajstić information content (AvgIpc) is 3.55. The van der Waals surface area contributed by atoms with E-state index < -0.39 is 12.5 Å². The molecule has 1 atom stereocenters. The fourth-order valence-electron chi connectivity index (χ4n) is 7.37. The SMILES string of the molecule is C=CC.Cc1cnc(C(Nc2cccc(-c3cccc(C4=Nc5cc(CN6CCC(C(C)(C)C)CC6)cc(C#N)c5C4)c3C)c2)C(F)F)c(N=CN)c1. The second-order valence-corrected chi connectivity index (χ2v) is 15.0. The van der Waals surface area contributed by atoms with Crippen LogP contribution < -0.4 is 11.1 Å². The molecule has 0 spiro atoms. The monoisotopic (exact) mass is 715 g/mol. The Balaban J connectivity index is 0.00000175. The maximum absolute atomic E-state index is 14.4. The van der Waals surface area contributed by atoms with Crippen molar-refractivity contribution in [3.63, 3.8) is 0 Å². The number of allylic oxidation sites excluding steroid dienone is 1. The number of aliphatic imine (C=N–C) groups is 2. The lowest BCUT2D eigenvalue weighted by Gasteiger charge is -2.38. The lowest BCUT2D eigenvalue weighted by atomic mass is 9.75. The number of nitrogens with two attached hydrogens (primary N) is 1. The molecule has 3 heterocycles. The van der Waals surface area contributed by atoms with E-state index in [9.17, 15) is 14.0 Å². The average molecular weight is 716 g/mol. The minimum absolute atomic E-state index is 0.125. The first-order valence-corrected chi connectivity index (χ1v) is 18.3. The van der Waals surface area contributed by atoms with Gasteiger partial charge in [-0.2, -0.15) is 5.26 Å². The maximum Gasteiger partial charge on any atom is 0.264 e. The van der Waals surface area contributed by atoms with Gasteiger partial charge >= 0.3 is 0 Å². The number of aromatic nitrogens is 1. The summed E-state index contributed by atoms with van der Waals surface area (Å²) in [6, 6.07) is 20.5. The number of piperidine rings is 1.